The van der Waals surface area contributed by atoms with Crippen LogP contribution in [0.5, 0.6) is 0 Å². The molecule has 54 heavy (non-hydrogen) atoms. The van der Waals surface area contributed by atoms with Crippen LogP contribution in [0.2, 0.25) is 0 Å². The summed E-state index contributed by atoms with van der Waals surface area (Å²) in [5.74, 6) is -1.34. The maximum absolute atomic E-state index is 16.2. The van der Waals surface area contributed by atoms with E-state index in [4.69, 9.17) is 28.2 Å². The first-order valence-electron chi connectivity index (χ1n) is 16.8. The standard InChI is InChI=1S/C34H48FN4O13PS/c1-20(27(40)47-18-21-14-12-11-13-15-21)37-53(45,46)48-19-22-25(49-31(44)52-34(8,9)10)24(35)26(54-22)38-17-16-23(36-28(38)41)39(29(42)50-32(2,3)4)30(43)51-33(5,6)7/h11-17,20,22,24-26H,18-19H2,1-10H3,(H2,37,45,46)/t20-,22+,24-,25+,26+/m0/s1. The van der Waals surface area contributed by atoms with Crippen LogP contribution in [-0.2, 0) is 44.2 Å². The van der Waals surface area contributed by atoms with Gasteiger partial charge >= 0.3 is 37.7 Å². The minimum atomic E-state index is -4.77. The number of alkyl halides is 1. The van der Waals surface area contributed by atoms with E-state index >= 15 is 4.39 Å². The molecule has 2 aromatic rings. The molecule has 0 aliphatic carbocycles. The number of aromatic nitrogens is 2. The Hall–Kier alpha value is -4.03. The number of hydrogen-bond acceptors (Lipinski definition) is 14. The maximum atomic E-state index is 16.2. The van der Waals surface area contributed by atoms with Crippen molar-refractivity contribution >= 4 is 49.6 Å². The lowest BCUT2D eigenvalue weighted by atomic mass is 10.1. The van der Waals surface area contributed by atoms with Gasteiger partial charge in [-0.2, -0.15) is 9.88 Å². The Kier molecular flexibility index (Phi) is 14.5. The number of halogens is 1. The highest BCUT2D eigenvalue weighted by Crippen LogP contribution is 2.47. The second kappa shape index (κ2) is 17.6. The quantitative estimate of drug-likeness (QED) is 0.151. The van der Waals surface area contributed by atoms with Gasteiger partial charge in [-0.3, -0.25) is 13.9 Å². The van der Waals surface area contributed by atoms with Crippen LogP contribution in [0.15, 0.2) is 47.4 Å². The lowest BCUT2D eigenvalue weighted by Crippen LogP contribution is -2.45. The number of anilines is 1. The zero-order chi connectivity index (χ0) is 40.8. The molecule has 0 spiro atoms. The molecule has 1 unspecified atom stereocenters. The lowest BCUT2D eigenvalue weighted by Gasteiger charge is -2.28. The van der Waals surface area contributed by atoms with Crippen molar-refractivity contribution in [3.63, 3.8) is 0 Å². The Morgan fingerprint density at radius 3 is 2.04 bits per heavy atom. The average molecular weight is 803 g/mol. The molecule has 17 nitrogen and oxygen atoms in total. The van der Waals surface area contributed by atoms with E-state index in [1.165, 1.54) is 6.92 Å². The van der Waals surface area contributed by atoms with Crippen molar-refractivity contribution in [2.24, 2.45) is 0 Å². The predicted octanol–water partition coefficient (Wildman–Crippen LogP) is 6.03. The molecule has 2 heterocycles. The molecule has 20 heteroatoms. The first-order valence-corrected chi connectivity index (χ1v) is 19.3. The molecule has 1 aromatic carbocycles. The summed E-state index contributed by atoms with van der Waals surface area (Å²) in [6.07, 6.45) is -6.41. The van der Waals surface area contributed by atoms with Crippen molar-refractivity contribution in [3.05, 3.63) is 58.6 Å². The van der Waals surface area contributed by atoms with Crippen molar-refractivity contribution in [1.82, 2.24) is 14.6 Å². The van der Waals surface area contributed by atoms with Crippen molar-refractivity contribution in [3.8, 4) is 0 Å². The van der Waals surface area contributed by atoms with Crippen molar-refractivity contribution in [2.75, 3.05) is 11.5 Å². The smallest absolute Gasteiger partial charge is 0.460 e. The minimum absolute atomic E-state index is 0.0841. The van der Waals surface area contributed by atoms with Crippen molar-refractivity contribution in [1.29, 1.82) is 0 Å². The summed E-state index contributed by atoms with van der Waals surface area (Å²) in [4.78, 5) is 79.5. The molecule has 3 rings (SSSR count). The highest BCUT2D eigenvalue weighted by Gasteiger charge is 2.50. The Morgan fingerprint density at radius 2 is 1.52 bits per heavy atom. The molecule has 0 bridgehead atoms. The minimum Gasteiger partial charge on any atom is -0.460 e. The fourth-order valence-electron chi connectivity index (χ4n) is 4.54. The molecule has 1 aliphatic rings. The van der Waals surface area contributed by atoms with E-state index in [0.717, 1.165) is 16.8 Å². The van der Waals surface area contributed by atoms with Crippen LogP contribution in [0.3, 0.4) is 0 Å². The van der Waals surface area contributed by atoms with E-state index in [9.17, 15) is 33.4 Å². The van der Waals surface area contributed by atoms with Crippen LogP contribution in [0.1, 0.15) is 80.2 Å². The summed E-state index contributed by atoms with van der Waals surface area (Å²) in [5, 5.41) is -0.517. The summed E-state index contributed by atoms with van der Waals surface area (Å²) in [5.41, 5.74) is -3.56. The lowest BCUT2D eigenvalue weighted by molar-refractivity contribution is -0.146. The van der Waals surface area contributed by atoms with Crippen molar-refractivity contribution in [2.45, 2.75) is 122 Å². The number of carbonyl (C=O) groups is 4. The van der Waals surface area contributed by atoms with Gasteiger partial charge in [-0.1, -0.05) is 30.3 Å². The molecule has 300 valence electrons. The molecule has 6 atom stereocenters. The molecule has 1 saturated heterocycles. The number of nitrogens with one attached hydrogen (secondary N) is 1. The number of nitrogens with zero attached hydrogens (tertiary/aromatic N) is 3. The number of hydrogen-bond donors (Lipinski definition) is 2. The summed E-state index contributed by atoms with van der Waals surface area (Å²) >= 11 is 0.710. The monoisotopic (exact) mass is 802 g/mol. The van der Waals surface area contributed by atoms with Gasteiger partial charge in [0.05, 0.1) is 11.9 Å². The average Bonchev–Trinajstić information content (AvgIpc) is 3.30. The SMILES string of the molecule is C[C@H](NP(=O)(O)OC[C@H]1S[C@@H](n2ccc(N(C(=O)OC(C)(C)C)C(=O)OC(C)(C)C)nc2=O)[C@@H](F)[C@@H]1OC(=O)OC(C)(C)C)C(=O)OCc1ccccc1. The van der Waals surface area contributed by atoms with Gasteiger partial charge in [-0.25, -0.2) is 33.2 Å². The maximum Gasteiger partial charge on any atom is 0.509 e. The summed E-state index contributed by atoms with van der Waals surface area (Å²) in [7, 11) is -4.77. The largest absolute Gasteiger partial charge is 0.509 e. The molecule has 1 fully saturated rings. The van der Waals surface area contributed by atoms with Crippen LogP contribution in [-0.4, -0.2) is 85.7 Å². The molecule has 2 amide bonds. The molecule has 0 saturated carbocycles. The Morgan fingerprint density at radius 1 is 0.963 bits per heavy atom. The van der Waals surface area contributed by atoms with Gasteiger partial charge in [0.2, 0.25) is 0 Å². The number of imide groups is 1. The normalized spacial score (nSPS) is 20.6. The van der Waals surface area contributed by atoms with Gasteiger partial charge in [0.25, 0.3) is 0 Å². The molecule has 2 N–H and O–H groups in total. The van der Waals surface area contributed by atoms with E-state index in [1.54, 1.807) is 92.6 Å². The number of amides is 2. The van der Waals surface area contributed by atoms with Gasteiger partial charge in [-0.15, -0.1) is 11.8 Å². The van der Waals surface area contributed by atoms with E-state index in [1.807, 2.05) is 0 Å². The molecule has 1 aliphatic heterocycles. The van der Waals surface area contributed by atoms with E-state index in [0.29, 0.717) is 22.2 Å². The zero-order valence-corrected chi connectivity index (χ0v) is 33.5. The highest BCUT2D eigenvalue weighted by molar-refractivity contribution is 8.00. The fraction of sp³-hybridized carbons (Fsp3) is 0.588. The van der Waals surface area contributed by atoms with Crippen LogP contribution in [0.4, 0.5) is 24.6 Å². The van der Waals surface area contributed by atoms with Crippen LogP contribution in [0.25, 0.3) is 0 Å². The molecule has 1 aromatic heterocycles. The summed E-state index contributed by atoms with van der Waals surface area (Å²) in [6.45, 7) is 14.5. The first-order chi connectivity index (χ1) is 24.7. The zero-order valence-electron chi connectivity index (χ0n) is 31.8. The third-order valence-electron chi connectivity index (χ3n) is 6.71. The van der Waals surface area contributed by atoms with Crippen LogP contribution in [0, 0.1) is 0 Å². The number of benzene rings is 1. The van der Waals surface area contributed by atoms with Gasteiger partial charge in [0.1, 0.15) is 34.8 Å². The first kappa shape index (κ1) is 44.4. The van der Waals surface area contributed by atoms with Gasteiger partial charge < -0.3 is 28.6 Å². The third-order valence-corrected chi connectivity index (χ3v) is 9.44. The third kappa shape index (κ3) is 13.7. The van der Waals surface area contributed by atoms with Crippen LogP contribution >= 0.6 is 19.5 Å². The molecular weight excluding hydrogens is 754 g/mol. The Balaban J connectivity index is 1.85. The van der Waals surface area contributed by atoms with Crippen molar-refractivity contribution < 1.29 is 61.2 Å². The van der Waals surface area contributed by atoms with Gasteiger partial charge in [0, 0.05) is 6.20 Å². The number of thioether (sulfide) groups is 1. The fourth-order valence-corrected chi connectivity index (χ4v) is 7.13. The van der Waals surface area contributed by atoms with E-state index < -0.39 is 95.9 Å². The van der Waals surface area contributed by atoms with E-state index in [-0.39, 0.29) is 6.61 Å². The summed E-state index contributed by atoms with van der Waals surface area (Å²) in [6, 6.07) is 8.53. The number of rotatable bonds is 11. The Labute approximate surface area is 316 Å². The summed E-state index contributed by atoms with van der Waals surface area (Å²) < 4.78 is 61.6. The second-order valence-electron chi connectivity index (χ2n) is 15.1. The van der Waals surface area contributed by atoms with Gasteiger partial charge in [-0.05, 0) is 80.9 Å². The predicted molar refractivity (Wildman–Crippen MR) is 194 cm³/mol. The van der Waals surface area contributed by atoms with Crippen LogP contribution < -0.4 is 15.7 Å². The second-order valence-corrected chi connectivity index (χ2v) is 18.0. The number of carbonyl (C=O) groups excluding carboxylic acids is 4. The Bertz CT molecular complexity index is 1730. The highest BCUT2D eigenvalue weighted by atomic mass is 32.2. The number of esters is 1. The molecular formula is C34H48FN4O13PS. The van der Waals surface area contributed by atoms with E-state index in [2.05, 4.69) is 10.1 Å². The van der Waals surface area contributed by atoms with Gasteiger partial charge in [0.15, 0.2) is 18.1 Å². The molecule has 0 radical (unpaired) electrons. The number of ether oxygens (including phenoxy) is 5. The topological polar surface area (TPSA) is 211 Å².